The third-order valence-corrected chi connectivity index (χ3v) is 5.45. The van der Waals surface area contributed by atoms with Crippen molar-refractivity contribution in [2.24, 2.45) is 0 Å². The molecule has 3 N–H and O–H groups in total. The van der Waals surface area contributed by atoms with Gasteiger partial charge in [0.15, 0.2) is 0 Å². The van der Waals surface area contributed by atoms with Crippen LogP contribution in [-0.4, -0.2) is 33.9 Å². The molecule has 0 bridgehead atoms. The molecule has 27 heavy (non-hydrogen) atoms. The Morgan fingerprint density at radius 3 is 2.74 bits per heavy atom. The summed E-state index contributed by atoms with van der Waals surface area (Å²) in [5.74, 6) is -1.16. The van der Waals surface area contributed by atoms with Crippen molar-refractivity contribution in [3.05, 3.63) is 57.4 Å². The van der Waals surface area contributed by atoms with Crippen molar-refractivity contribution in [3.63, 3.8) is 0 Å². The Labute approximate surface area is 156 Å². The van der Waals surface area contributed by atoms with Crippen LogP contribution in [0.5, 0.6) is 0 Å². The van der Waals surface area contributed by atoms with Gasteiger partial charge in [-0.25, -0.2) is 0 Å². The number of nitrogens with zero attached hydrogens (tertiary/aromatic N) is 2. The van der Waals surface area contributed by atoms with Gasteiger partial charge in [0.1, 0.15) is 5.82 Å². The minimum atomic E-state index is -0.584. The van der Waals surface area contributed by atoms with E-state index in [1.165, 1.54) is 29.9 Å². The topological polar surface area (TPSA) is 97.4 Å². The molecule has 0 radical (unpaired) electrons. The number of likely N-dealkylation sites (tertiary alicyclic amines) is 1. The quantitative estimate of drug-likeness (QED) is 0.806. The number of carbonyl (C=O) groups excluding carboxylic acids is 2. The SMILES string of the molecule is CC1CCCCN1Cc1cccc(-n2c(N)c3c(cc2=O)C(=O)NC3=O)c1. The maximum atomic E-state index is 12.6. The number of benzene rings is 1. The molecular weight excluding hydrogens is 344 g/mol. The fraction of sp³-hybridized carbons (Fsp3) is 0.350. The zero-order valence-corrected chi connectivity index (χ0v) is 15.2. The van der Waals surface area contributed by atoms with E-state index in [-0.39, 0.29) is 16.9 Å². The van der Waals surface area contributed by atoms with Crippen LogP contribution in [0.15, 0.2) is 35.1 Å². The number of nitrogen functional groups attached to an aromatic ring is 1. The second kappa shape index (κ2) is 6.66. The first-order valence-electron chi connectivity index (χ1n) is 9.20. The average Bonchev–Trinajstić information content (AvgIpc) is 2.91. The van der Waals surface area contributed by atoms with Crippen LogP contribution in [0.4, 0.5) is 5.82 Å². The van der Waals surface area contributed by atoms with Gasteiger partial charge in [0.05, 0.1) is 16.8 Å². The summed E-state index contributed by atoms with van der Waals surface area (Å²) in [5, 5.41) is 2.18. The number of anilines is 1. The van der Waals surface area contributed by atoms with E-state index in [0.717, 1.165) is 18.7 Å². The predicted molar refractivity (Wildman–Crippen MR) is 102 cm³/mol. The summed E-state index contributed by atoms with van der Waals surface area (Å²) >= 11 is 0. The van der Waals surface area contributed by atoms with E-state index in [1.807, 2.05) is 18.2 Å². The van der Waals surface area contributed by atoms with E-state index in [4.69, 9.17) is 5.73 Å². The molecule has 1 atom stereocenters. The van der Waals surface area contributed by atoms with Crippen LogP contribution >= 0.6 is 0 Å². The van der Waals surface area contributed by atoms with Gasteiger partial charge in [0.2, 0.25) is 0 Å². The van der Waals surface area contributed by atoms with Crippen LogP contribution in [0.2, 0.25) is 0 Å². The third kappa shape index (κ3) is 3.04. The number of pyridine rings is 1. The lowest BCUT2D eigenvalue weighted by molar-refractivity contribution is 0.0880. The molecule has 3 heterocycles. The lowest BCUT2D eigenvalue weighted by Crippen LogP contribution is -2.36. The van der Waals surface area contributed by atoms with Crippen molar-refractivity contribution in [2.75, 3.05) is 12.3 Å². The number of fused-ring (bicyclic) bond motifs is 1. The number of carbonyl (C=O) groups is 2. The number of hydrogen-bond acceptors (Lipinski definition) is 5. The number of amides is 2. The molecule has 1 unspecified atom stereocenters. The van der Waals surface area contributed by atoms with Crippen LogP contribution in [0.1, 0.15) is 52.5 Å². The molecule has 2 aliphatic heterocycles. The molecule has 2 amide bonds. The van der Waals surface area contributed by atoms with E-state index in [2.05, 4.69) is 17.1 Å². The summed E-state index contributed by atoms with van der Waals surface area (Å²) in [7, 11) is 0. The summed E-state index contributed by atoms with van der Waals surface area (Å²) in [6.07, 6.45) is 3.66. The van der Waals surface area contributed by atoms with Gasteiger partial charge >= 0.3 is 0 Å². The normalized spacial score (nSPS) is 19.8. The number of rotatable bonds is 3. The zero-order chi connectivity index (χ0) is 19.1. The number of piperidine rings is 1. The smallest absolute Gasteiger partial charge is 0.262 e. The first kappa shape index (κ1) is 17.5. The van der Waals surface area contributed by atoms with Crippen LogP contribution in [0.25, 0.3) is 5.69 Å². The monoisotopic (exact) mass is 366 g/mol. The van der Waals surface area contributed by atoms with E-state index < -0.39 is 17.4 Å². The first-order chi connectivity index (χ1) is 13.0. The van der Waals surface area contributed by atoms with Gasteiger partial charge in [0.25, 0.3) is 17.4 Å². The van der Waals surface area contributed by atoms with Crippen molar-refractivity contribution in [2.45, 2.75) is 38.8 Å². The lowest BCUT2D eigenvalue weighted by Gasteiger charge is -2.33. The molecule has 1 saturated heterocycles. The predicted octanol–water partition coefficient (Wildman–Crippen LogP) is 1.68. The molecule has 1 aromatic carbocycles. The largest absolute Gasteiger partial charge is 0.384 e. The Morgan fingerprint density at radius 1 is 1.15 bits per heavy atom. The molecule has 2 aliphatic rings. The van der Waals surface area contributed by atoms with Crippen LogP contribution in [0.3, 0.4) is 0 Å². The Morgan fingerprint density at radius 2 is 1.96 bits per heavy atom. The third-order valence-electron chi connectivity index (χ3n) is 5.45. The molecule has 140 valence electrons. The zero-order valence-electron chi connectivity index (χ0n) is 15.2. The summed E-state index contributed by atoms with van der Waals surface area (Å²) in [6, 6.07) is 9.30. The summed E-state index contributed by atoms with van der Waals surface area (Å²) in [4.78, 5) is 38.8. The van der Waals surface area contributed by atoms with Crippen LogP contribution < -0.4 is 16.6 Å². The Kier molecular flexibility index (Phi) is 4.31. The summed E-state index contributed by atoms with van der Waals surface area (Å²) in [5.41, 5.74) is 7.46. The van der Waals surface area contributed by atoms with Gasteiger partial charge in [-0.3, -0.25) is 29.2 Å². The highest BCUT2D eigenvalue weighted by Crippen LogP contribution is 2.24. The molecular formula is C20H22N4O3. The molecule has 0 spiro atoms. The summed E-state index contributed by atoms with van der Waals surface area (Å²) in [6.45, 7) is 4.10. The van der Waals surface area contributed by atoms with E-state index in [1.54, 1.807) is 6.07 Å². The van der Waals surface area contributed by atoms with Crippen molar-refractivity contribution >= 4 is 17.6 Å². The number of imide groups is 1. The molecule has 1 aromatic heterocycles. The van der Waals surface area contributed by atoms with Gasteiger partial charge in [-0.2, -0.15) is 0 Å². The molecule has 0 aliphatic carbocycles. The molecule has 7 nitrogen and oxygen atoms in total. The van der Waals surface area contributed by atoms with E-state index >= 15 is 0 Å². The highest BCUT2D eigenvalue weighted by atomic mass is 16.2. The highest BCUT2D eigenvalue weighted by Gasteiger charge is 2.31. The van der Waals surface area contributed by atoms with Crippen molar-refractivity contribution in [3.8, 4) is 5.69 Å². The molecule has 2 aromatic rings. The minimum Gasteiger partial charge on any atom is -0.384 e. The fourth-order valence-corrected chi connectivity index (χ4v) is 3.97. The van der Waals surface area contributed by atoms with Crippen LogP contribution in [0, 0.1) is 0 Å². The number of nitrogens with two attached hydrogens (primary N) is 1. The van der Waals surface area contributed by atoms with Gasteiger partial charge in [-0.15, -0.1) is 0 Å². The summed E-state index contributed by atoms with van der Waals surface area (Å²) < 4.78 is 1.29. The maximum Gasteiger partial charge on any atom is 0.262 e. The molecule has 4 rings (SSSR count). The standard InChI is InChI=1S/C20H22N4O3/c1-12-5-2-3-8-23(12)11-13-6-4-7-14(9-13)24-16(25)10-15-17(18(24)21)20(27)22-19(15)26/h4,6-7,9-10,12H,2-3,5,8,11,21H2,1H3,(H,22,26,27). The number of hydrogen-bond donors (Lipinski definition) is 2. The van der Waals surface area contributed by atoms with Crippen molar-refractivity contribution in [1.82, 2.24) is 14.8 Å². The van der Waals surface area contributed by atoms with Gasteiger partial charge in [-0.1, -0.05) is 18.6 Å². The molecule has 1 fully saturated rings. The first-order valence-corrected chi connectivity index (χ1v) is 9.20. The Bertz CT molecular complexity index is 995. The number of nitrogens with one attached hydrogen (secondary N) is 1. The fourth-order valence-electron chi connectivity index (χ4n) is 3.97. The van der Waals surface area contributed by atoms with Gasteiger partial charge in [0, 0.05) is 18.7 Å². The number of aromatic nitrogens is 1. The highest BCUT2D eigenvalue weighted by molar-refractivity contribution is 6.23. The van der Waals surface area contributed by atoms with E-state index in [0.29, 0.717) is 11.7 Å². The molecule has 0 saturated carbocycles. The molecule has 7 heteroatoms. The second-order valence-corrected chi connectivity index (χ2v) is 7.26. The van der Waals surface area contributed by atoms with Crippen LogP contribution in [-0.2, 0) is 6.54 Å². The van der Waals surface area contributed by atoms with Gasteiger partial charge < -0.3 is 5.73 Å². The average molecular weight is 366 g/mol. The van der Waals surface area contributed by atoms with Crippen molar-refractivity contribution < 1.29 is 9.59 Å². The minimum absolute atomic E-state index is 0.00987. The Hall–Kier alpha value is -2.93. The second-order valence-electron chi connectivity index (χ2n) is 7.26. The van der Waals surface area contributed by atoms with E-state index in [9.17, 15) is 14.4 Å². The van der Waals surface area contributed by atoms with Crippen molar-refractivity contribution in [1.29, 1.82) is 0 Å². The lowest BCUT2D eigenvalue weighted by atomic mass is 10.0. The van der Waals surface area contributed by atoms with Gasteiger partial charge in [-0.05, 0) is 44.0 Å². The maximum absolute atomic E-state index is 12.6. The Balaban J connectivity index is 1.73.